The summed E-state index contributed by atoms with van der Waals surface area (Å²) in [5.74, 6) is 1.46. The number of anilines is 1. The molecule has 0 radical (unpaired) electrons. The number of aryl methyl sites for hydroxylation is 2. The van der Waals surface area contributed by atoms with Crippen LogP contribution in [0.5, 0.6) is 0 Å². The molecule has 0 spiro atoms. The Morgan fingerprint density at radius 1 is 1.06 bits per heavy atom. The minimum absolute atomic E-state index is 0.00286. The lowest BCUT2D eigenvalue weighted by Crippen LogP contribution is -2.37. The number of rotatable bonds is 5. The molecule has 6 nitrogen and oxygen atoms in total. The van der Waals surface area contributed by atoms with Gasteiger partial charge in [0, 0.05) is 55.4 Å². The van der Waals surface area contributed by atoms with Crippen molar-refractivity contribution in [3.05, 3.63) is 64.7 Å². The van der Waals surface area contributed by atoms with Gasteiger partial charge in [-0.15, -0.1) is 0 Å². The Labute approximate surface area is 193 Å². The Hall–Kier alpha value is -2.80. The lowest BCUT2D eigenvalue weighted by atomic mass is 10.1. The van der Waals surface area contributed by atoms with Crippen molar-refractivity contribution >= 4 is 35.2 Å². The third-order valence-corrected chi connectivity index (χ3v) is 7.05. The number of hydrogen-bond donors (Lipinski definition) is 1. The highest BCUT2D eigenvalue weighted by Gasteiger charge is 2.34. The van der Waals surface area contributed by atoms with E-state index in [0.29, 0.717) is 24.3 Å². The molecule has 2 aliphatic heterocycles. The van der Waals surface area contributed by atoms with Crippen LogP contribution in [0.15, 0.2) is 42.5 Å². The fourth-order valence-electron chi connectivity index (χ4n) is 4.14. The topological polar surface area (TPSA) is 69.7 Å². The summed E-state index contributed by atoms with van der Waals surface area (Å²) in [6, 6.07) is 13.5. The number of likely N-dealkylation sites (tertiary alicyclic amines) is 1. The number of nitrogens with one attached hydrogen (secondary N) is 1. The molecule has 2 aromatic rings. The van der Waals surface area contributed by atoms with Crippen molar-refractivity contribution in [3.63, 3.8) is 0 Å². The fourth-order valence-corrected chi connectivity index (χ4v) is 5.04. The normalized spacial score (nSPS) is 18.7. The van der Waals surface area contributed by atoms with Gasteiger partial charge in [-0.1, -0.05) is 29.8 Å². The van der Waals surface area contributed by atoms with Crippen molar-refractivity contribution in [2.45, 2.75) is 26.8 Å². The lowest BCUT2D eigenvalue weighted by molar-refractivity contribution is -0.128. The molecule has 0 saturated carbocycles. The van der Waals surface area contributed by atoms with Crippen molar-refractivity contribution in [2.75, 3.05) is 36.5 Å². The molecule has 1 N–H and O–H groups in total. The van der Waals surface area contributed by atoms with Crippen molar-refractivity contribution < 1.29 is 14.4 Å². The van der Waals surface area contributed by atoms with Crippen molar-refractivity contribution in [3.8, 4) is 0 Å². The summed E-state index contributed by atoms with van der Waals surface area (Å²) < 4.78 is 0. The Kier molecular flexibility index (Phi) is 6.84. The standard InChI is InChI=1S/C25H29N3O3S/c1-17-3-5-19(6-4-17)15-28-16-21(14-23(28)29)24(30)26-22-8-7-20(13-18(22)2)25(31)27-9-11-32-12-10-27/h3-8,13,21H,9-12,14-16H2,1-2H3,(H,26,30). The molecule has 0 bridgehead atoms. The molecule has 1 atom stereocenters. The van der Waals surface area contributed by atoms with Gasteiger partial charge < -0.3 is 15.1 Å². The summed E-state index contributed by atoms with van der Waals surface area (Å²) >= 11 is 1.87. The first kappa shape index (κ1) is 22.4. The second-order valence-corrected chi connectivity index (χ2v) is 9.81. The number of benzene rings is 2. The van der Waals surface area contributed by atoms with Gasteiger partial charge in [0.1, 0.15) is 0 Å². The van der Waals surface area contributed by atoms with E-state index in [2.05, 4.69) is 5.32 Å². The average molecular weight is 452 g/mol. The van der Waals surface area contributed by atoms with E-state index < -0.39 is 0 Å². The summed E-state index contributed by atoms with van der Waals surface area (Å²) in [5, 5.41) is 2.96. The molecule has 3 amide bonds. The fraction of sp³-hybridized carbons (Fsp3) is 0.400. The van der Waals surface area contributed by atoms with Crippen LogP contribution in [0.3, 0.4) is 0 Å². The zero-order valence-electron chi connectivity index (χ0n) is 18.6. The molecule has 1 unspecified atom stereocenters. The molecule has 2 aliphatic rings. The van der Waals surface area contributed by atoms with Crippen LogP contribution in [0.4, 0.5) is 5.69 Å². The van der Waals surface area contributed by atoms with E-state index in [-0.39, 0.29) is 30.1 Å². The molecular formula is C25H29N3O3S. The van der Waals surface area contributed by atoms with Crippen LogP contribution in [0, 0.1) is 19.8 Å². The second-order valence-electron chi connectivity index (χ2n) is 8.58. The highest BCUT2D eigenvalue weighted by atomic mass is 32.2. The van der Waals surface area contributed by atoms with E-state index in [0.717, 1.165) is 35.7 Å². The highest BCUT2D eigenvalue weighted by molar-refractivity contribution is 7.99. The maximum atomic E-state index is 12.9. The average Bonchev–Trinajstić information content (AvgIpc) is 3.17. The predicted octanol–water partition coefficient (Wildman–Crippen LogP) is 3.48. The van der Waals surface area contributed by atoms with Gasteiger partial charge in [0.25, 0.3) is 5.91 Å². The first-order valence-corrected chi connectivity index (χ1v) is 12.2. The Morgan fingerprint density at radius 2 is 1.78 bits per heavy atom. The number of hydrogen-bond acceptors (Lipinski definition) is 4. The minimum atomic E-state index is -0.375. The zero-order chi connectivity index (χ0) is 22.7. The Morgan fingerprint density at radius 3 is 2.47 bits per heavy atom. The second kappa shape index (κ2) is 9.77. The third-order valence-electron chi connectivity index (χ3n) is 6.11. The molecular weight excluding hydrogens is 422 g/mol. The van der Waals surface area contributed by atoms with Crippen LogP contribution >= 0.6 is 11.8 Å². The number of nitrogens with zero attached hydrogens (tertiary/aromatic N) is 2. The molecule has 4 rings (SSSR count). The first-order valence-electron chi connectivity index (χ1n) is 11.0. The largest absolute Gasteiger partial charge is 0.338 e. The van der Waals surface area contributed by atoms with E-state index >= 15 is 0 Å². The van der Waals surface area contributed by atoms with Crippen LogP contribution in [0.1, 0.15) is 33.5 Å². The van der Waals surface area contributed by atoms with Crippen molar-refractivity contribution in [1.29, 1.82) is 0 Å². The summed E-state index contributed by atoms with van der Waals surface area (Å²) in [6.07, 6.45) is 0.223. The number of amides is 3. The quantitative estimate of drug-likeness (QED) is 0.756. The SMILES string of the molecule is Cc1ccc(CN2CC(C(=O)Nc3ccc(C(=O)N4CCSCC4)cc3C)CC2=O)cc1. The summed E-state index contributed by atoms with van der Waals surface area (Å²) in [5.41, 5.74) is 4.42. The highest BCUT2D eigenvalue weighted by Crippen LogP contribution is 2.24. The van der Waals surface area contributed by atoms with Gasteiger partial charge in [-0.25, -0.2) is 0 Å². The van der Waals surface area contributed by atoms with Crippen LogP contribution in [-0.2, 0) is 16.1 Å². The van der Waals surface area contributed by atoms with Gasteiger partial charge >= 0.3 is 0 Å². The van der Waals surface area contributed by atoms with E-state index in [1.165, 1.54) is 5.56 Å². The van der Waals surface area contributed by atoms with Crippen LogP contribution in [-0.4, -0.2) is 58.7 Å². The van der Waals surface area contributed by atoms with Crippen molar-refractivity contribution in [1.82, 2.24) is 9.80 Å². The zero-order valence-corrected chi connectivity index (χ0v) is 19.4. The molecule has 2 heterocycles. The molecule has 0 aliphatic carbocycles. The first-order chi connectivity index (χ1) is 15.4. The van der Waals surface area contributed by atoms with E-state index in [1.807, 2.05) is 60.8 Å². The van der Waals surface area contributed by atoms with Gasteiger partial charge in [-0.2, -0.15) is 11.8 Å². The summed E-state index contributed by atoms with van der Waals surface area (Å²) in [7, 11) is 0. The molecule has 2 aromatic carbocycles. The molecule has 0 aromatic heterocycles. The van der Waals surface area contributed by atoms with Crippen LogP contribution in [0.2, 0.25) is 0 Å². The smallest absolute Gasteiger partial charge is 0.253 e. The monoisotopic (exact) mass is 451 g/mol. The van der Waals surface area contributed by atoms with Gasteiger partial charge in [0.15, 0.2) is 0 Å². The Balaban J connectivity index is 1.36. The van der Waals surface area contributed by atoms with Crippen LogP contribution < -0.4 is 5.32 Å². The van der Waals surface area contributed by atoms with Crippen molar-refractivity contribution in [2.24, 2.45) is 5.92 Å². The lowest BCUT2D eigenvalue weighted by Gasteiger charge is -2.26. The van der Waals surface area contributed by atoms with E-state index in [1.54, 1.807) is 17.0 Å². The molecule has 2 fully saturated rings. The van der Waals surface area contributed by atoms with Gasteiger partial charge in [0.05, 0.1) is 5.92 Å². The number of thioether (sulfide) groups is 1. The maximum absolute atomic E-state index is 12.9. The minimum Gasteiger partial charge on any atom is -0.338 e. The third kappa shape index (κ3) is 5.15. The molecule has 32 heavy (non-hydrogen) atoms. The maximum Gasteiger partial charge on any atom is 0.253 e. The molecule has 7 heteroatoms. The molecule has 2 saturated heterocycles. The van der Waals surface area contributed by atoms with Gasteiger partial charge in [-0.3, -0.25) is 14.4 Å². The summed E-state index contributed by atoms with van der Waals surface area (Å²) in [6.45, 7) is 6.41. The van der Waals surface area contributed by atoms with Gasteiger partial charge in [0.2, 0.25) is 11.8 Å². The van der Waals surface area contributed by atoms with E-state index in [9.17, 15) is 14.4 Å². The number of carbonyl (C=O) groups excluding carboxylic acids is 3. The van der Waals surface area contributed by atoms with E-state index in [4.69, 9.17) is 0 Å². The summed E-state index contributed by atoms with van der Waals surface area (Å²) in [4.78, 5) is 41.7. The Bertz CT molecular complexity index is 1020. The van der Waals surface area contributed by atoms with Crippen LogP contribution in [0.25, 0.3) is 0 Å². The predicted molar refractivity (Wildman–Crippen MR) is 128 cm³/mol. The number of carbonyl (C=O) groups is 3. The molecule has 168 valence electrons. The van der Waals surface area contributed by atoms with Gasteiger partial charge in [-0.05, 0) is 43.2 Å².